The number of carbonyl (C=O) groups excluding carboxylic acids is 1. The lowest BCUT2D eigenvalue weighted by Crippen LogP contribution is -2.48. The van der Waals surface area contributed by atoms with E-state index in [9.17, 15) is 4.79 Å². The van der Waals surface area contributed by atoms with E-state index in [0.717, 1.165) is 64.2 Å². The van der Waals surface area contributed by atoms with Crippen LogP contribution in [0.2, 0.25) is 5.02 Å². The normalized spacial score (nSPS) is 23.6. The molecule has 3 heterocycles. The number of aromatic amines is 1. The summed E-state index contributed by atoms with van der Waals surface area (Å²) in [5.74, 6) is -0.0209. The van der Waals surface area contributed by atoms with Gasteiger partial charge < -0.3 is 14.7 Å². The molecule has 2 aliphatic heterocycles. The van der Waals surface area contributed by atoms with Gasteiger partial charge in [0.05, 0.1) is 10.7 Å². The minimum Gasteiger partial charge on any atom is -0.334 e. The number of piperazine rings is 1. The summed E-state index contributed by atoms with van der Waals surface area (Å²) in [5.41, 5.74) is 1.13. The van der Waals surface area contributed by atoms with E-state index >= 15 is 0 Å². The van der Waals surface area contributed by atoms with Crippen molar-refractivity contribution in [3.63, 3.8) is 0 Å². The Hall–Kier alpha value is -1.11. The van der Waals surface area contributed by atoms with E-state index in [2.05, 4.69) is 27.0 Å². The topological polar surface area (TPSA) is 55.5 Å². The van der Waals surface area contributed by atoms with Crippen molar-refractivity contribution in [2.24, 2.45) is 0 Å². The van der Waals surface area contributed by atoms with Gasteiger partial charge >= 0.3 is 0 Å². The van der Waals surface area contributed by atoms with Gasteiger partial charge in [-0.1, -0.05) is 11.6 Å². The van der Waals surface area contributed by atoms with E-state index in [4.69, 9.17) is 11.6 Å². The lowest BCUT2D eigenvalue weighted by atomic mass is 9.98. The third-order valence-electron chi connectivity index (χ3n) is 5.34. The van der Waals surface area contributed by atoms with Crippen LogP contribution in [0.15, 0.2) is 0 Å². The molecule has 1 atom stereocenters. The quantitative estimate of drug-likeness (QED) is 0.899. The summed E-state index contributed by atoms with van der Waals surface area (Å²) < 4.78 is 0. The van der Waals surface area contributed by atoms with Crippen LogP contribution in [0.1, 0.15) is 41.9 Å². The molecule has 24 heavy (non-hydrogen) atoms. The van der Waals surface area contributed by atoms with Crippen LogP contribution in [-0.4, -0.2) is 83.2 Å². The number of amides is 1. The Morgan fingerprint density at radius 1 is 1.25 bits per heavy atom. The number of aromatic nitrogens is 2. The standard InChI is InChI=1S/C17H28ClN5O/c1-13-15(18)16(20-19-13)17(24)23-7-4-3-5-14(23)6-8-22-11-9-21(2)10-12-22/h14H,3-12H2,1-2H3,(H,19,20). The number of hydrogen-bond acceptors (Lipinski definition) is 4. The van der Waals surface area contributed by atoms with Crippen molar-refractivity contribution in [2.75, 3.05) is 46.3 Å². The Kier molecular flexibility index (Phi) is 5.79. The van der Waals surface area contributed by atoms with E-state index in [-0.39, 0.29) is 5.91 Å². The molecule has 3 rings (SSSR count). The summed E-state index contributed by atoms with van der Waals surface area (Å²) in [6.45, 7) is 8.24. The molecule has 2 aliphatic rings. The van der Waals surface area contributed by atoms with Crippen molar-refractivity contribution in [2.45, 2.75) is 38.6 Å². The first-order chi connectivity index (χ1) is 11.6. The Balaban J connectivity index is 1.61. The first kappa shape index (κ1) is 17.7. The van der Waals surface area contributed by atoms with Crippen molar-refractivity contribution in [3.8, 4) is 0 Å². The van der Waals surface area contributed by atoms with Crippen LogP contribution in [0.25, 0.3) is 0 Å². The molecule has 2 saturated heterocycles. The minimum atomic E-state index is -0.0209. The zero-order valence-electron chi connectivity index (χ0n) is 14.7. The number of likely N-dealkylation sites (N-methyl/N-ethyl adjacent to an activating group) is 1. The number of nitrogens with zero attached hydrogens (tertiary/aromatic N) is 4. The maximum absolute atomic E-state index is 12.9. The first-order valence-electron chi connectivity index (χ1n) is 8.98. The molecule has 1 aromatic rings. The average molecular weight is 354 g/mol. The van der Waals surface area contributed by atoms with Crippen molar-refractivity contribution in [1.29, 1.82) is 0 Å². The highest BCUT2D eigenvalue weighted by atomic mass is 35.5. The van der Waals surface area contributed by atoms with Crippen LogP contribution in [0.5, 0.6) is 0 Å². The Morgan fingerprint density at radius 2 is 2.00 bits per heavy atom. The van der Waals surface area contributed by atoms with Crippen LogP contribution in [0, 0.1) is 6.92 Å². The summed E-state index contributed by atoms with van der Waals surface area (Å²) in [6, 6.07) is 0.305. The highest BCUT2D eigenvalue weighted by Crippen LogP contribution is 2.25. The monoisotopic (exact) mass is 353 g/mol. The van der Waals surface area contributed by atoms with Gasteiger partial charge in [0.1, 0.15) is 0 Å². The minimum absolute atomic E-state index is 0.0209. The van der Waals surface area contributed by atoms with Crippen molar-refractivity contribution in [3.05, 3.63) is 16.4 Å². The van der Waals surface area contributed by atoms with Gasteiger partial charge in [0.25, 0.3) is 5.91 Å². The zero-order valence-corrected chi connectivity index (χ0v) is 15.5. The second kappa shape index (κ2) is 7.85. The average Bonchev–Trinajstić information content (AvgIpc) is 2.93. The number of rotatable bonds is 4. The van der Waals surface area contributed by atoms with Crippen molar-refractivity contribution < 1.29 is 4.79 Å². The molecule has 0 aromatic carbocycles. The van der Waals surface area contributed by atoms with E-state index in [0.29, 0.717) is 16.8 Å². The van der Waals surface area contributed by atoms with Crippen molar-refractivity contribution >= 4 is 17.5 Å². The third-order valence-corrected chi connectivity index (χ3v) is 5.80. The van der Waals surface area contributed by atoms with Crippen molar-refractivity contribution in [1.82, 2.24) is 24.9 Å². The molecule has 0 aliphatic carbocycles. The number of H-pyrrole nitrogens is 1. The van der Waals surface area contributed by atoms with Crippen LogP contribution in [0.3, 0.4) is 0 Å². The molecule has 2 fully saturated rings. The van der Waals surface area contributed by atoms with Gasteiger partial charge in [0, 0.05) is 45.3 Å². The van der Waals surface area contributed by atoms with Gasteiger partial charge in [-0.3, -0.25) is 9.89 Å². The lowest BCUT2D eigenvalue weighted by molar-refractivity contribution is 0.0564. The van der Waals surface area contributed by atoms with E-state index in [1.54, 1.807) is 0 Å². The maximum atomic E-state index is 12.9. The van der Waals surface area contributed by atoms with Crippen LogP contribution >= 0.6 is 11.6 Å². The summed E-state index contributed by atoms with van der Waals surface area (Å²) in [6.07, 6.45) is 4.39. The Morgan fingerprint density at radius 3 is 2.67 bits per heavy atom. The number of nitrogens with one attached hydrogen (secondary N) is 1. The third kappa shape index (κ3) is 3.92. The molecule has 134 valence electrons. The maximum Gasteiger partial charge on any atom is 0.276 e. The van der Waals surface area contributed by atoms with E-state index in [1.165, 1.54) is 6.42 Å². The van der Waals surface area contributed by atoms with Crippen LogP contribution in [0.4, 0.5) is 0 Å². The molecule has 1 aromatic heterocycles. The zero-order chi connectivity index (χ0) is 17.1. The van der Waals surface area contributed by atoms with Gasteiger partial charge in [-0.05, 0) is 39.7 Å². The van der Waals surface area contributed by atoms with Gasteiger partial charge in [0.15, 0.2) is 5.69 Å². The molecule has 0 spiro atoms. The van der Waals surface area contributed by atoms with E-state index < -0.39 is 0 Å². The summed E-state index contributed by atoms with van der Waals surface area (Å²) in [7, 11) is 2.18. The summed E-state index contributed by atoms with van der Waals surface area (Å²) in [4.78, 5) is 19.8. The van der Waals surface area contributed by atoms with Gasteiger partial charge in [-0.15, -0.1) is 0 Å². The molecule has 1 unspecified atom stereocenters. The van der Waals surface area contributed by atoms with Crippen LogP contribution in [-0.2, 0) is 0 Å². The number of piperidine rings is 1. The molecule has 1 N–H and O–H groups in total. The lowest BCUT2D eigenvalue weighted by Gasteiger charge is -2.38. The SMILES string of the molecule is Cc1[nH]nc(C(=O)N2CCCCC2CCN2CCN(C)CC2)c1Cl. The highest BCUT2D eigenvalue weighted by molar-refractivity contribution is 6.34. The molecular formula is C17H28ClN5O. The van der Waals surface area contributed by atoms with Gasteiger partial charge in [-0.2, -0.15) is 5.10 Å². The fourth-order valence-corrected chi connectivity index (χ4v) is 3.83. The smallest absolute Gasteiger partial charge is 0.276 e. The van der Waals surface area contributed by atoms with E-state index in [1.807, 2.05) is 11.8 Å². The van der Waals surface area contributed by atoms with Gasteiger partial charge in [-0.25, -0.2) is 0 Å². The van der Waals surface area contributed by atoms with Crippen LogP contribution < -0.4 is 0 Å². The molecule has 1 amide bonds. The molecular weight excluding hydrogens is 326 g/mol. The largest absolute Gasteiger partial charge is 0.334 e. The number of hydrogen-bond donors (Lipinski definition) is 1. The predicted octanol–water partition coefficient (Wildman–Crippen LogP) is 2.00. The predicted molar refractivity (Wildman–Crippen MR) is 95.6 cm³/mol. The number of carbonyl (C=O) groups is 1. The summed E-state index contributed by atoms with van der Waals surface area (Å²) in [5, 5.41) is 7.40. The molecule has 0 saturated carbocycles. The second-order valence-electron chi connectivity index (χ2n) is 7.09. The molecule has 6 nitrogen and oxygen atoms in total. The number of likely N-dealkylation sites (tertiary alicyclic amines) is 1. The molecule has 0 radical (unpaired) electrons. The Bertz CT molecular complexity index is 567. The fourth-order valence-electron chi connectivity index (χ4n) is 3.66. The number of halogens is 1. The van der Waals surface area contributed by atoms with Gasteiger partial charge in [0.2, 0.25) is 0 Å². The fraction of sp³-hybridized carbons (Fsp3) is 0.765. The number of aryl methyl sites for hydroxylation is 1. The molecule has 7 heteroatoms. The second-order valence-corrected chi connectivity index (χ2v) is 7.47. The Labute approximate surface area is 149 Å². The molecule has 0 bridgehead atoms. The summed E-state index contributed by atoms with van der Waals surface area (Å²) >= 11 is 6.23. The highest BCUT2D eigenvalue weighted by Gasteiger charge is 2.30. The first-order valence-corrected chi connectivity index (χ1v) is 9.36.